The molecule has 1 N–H and O–H groups in total. The SMILES string of the molecule is O=C(COC(=O)[C@H]1CC(=O)N(NC(=O)c2ccc([N+](=O)[O-])cc2)C1)c1ccccc1. The highest BCUT2D eigenvalue weighted by atomic mass is 16.6. The first-order valence-corrected chi connectivity index (χ1v) is 8.96. The highest BCUT2D eigenvalue weighted by Crippen LogP contribution is 2.19. The van der Waals surface area contributed by atoms with E-state index in [0.29, 0.717) is 5.56 Å². The maximum Gasteiger partial charge on any atom is 0.311 e. The van der Waals surface area contributed by atoms with Crippen molar-refractivity contribution in [2.24, 2.45) is 5.92 Å². The van der Waals surface area contributed by atoms with E-state index < -0.39 is 35.2 Å². The third kappa shape index (κ3) is 4.85. The summed E-state index contributed by atoms with van der Waals surface area (Å²) in [5, 5.41) is 11.7. The summed E-state index contributed by atoms with van der Waals surface area (Å²) in [6, 6.07) is 13.2. The minimum Gasteiger partial charge on any atom is -0.457 e. The second-order valence-electron chi connectivity index (χ2n) is 6.55. The van der Waals surface area contributed by atoms with Crippen LogP contribution in [0.25, 0.3) is 0 Å². The molecule has 0 aromatic heterocycles. The quantitative estimate of drug-likeness (QED) is 0.316. The van der Waals surface area contributed by atoms with E-state index in [-0.39, 0.29) is 30.0 Å². The molecule has 10 heteroatoms. The van der Waals surface area contributed by atoms with Gasteiger partial charge in [0.05, 0.1) is 17.4 Å². The number of nitrogens with one attached hydrogen (secondary N) is 1. The number of benzene rings is 2. The molecule has 10 nitrogen and oxygen atoms in total. The molecule has 2 aromatic rings. The van der Waals surface area contributed by atoms with Crippen molar-refractivity contribution in [2.45, 2.75) is 6.42 Å². The number of esters is 1. The molecule has 0 unspecified atom stereocenters. The molecule has 1 aliphatic heterocycles. The smallest absolute Gasteiger partial charge is 0.311 e. The number of hydrazine groups is 1. The normalized spacial score (nSPS) is 15.5. The number of rotatable bonds is 7. The number of nitro benzene ring substituents is 1. The van der Waals surface area contributed by atoms with Crippen LogP contribution < -0.4 is 5.43 Å². The van der Waals surface area contributed by atoms with Crippen molar-refractivity contribution in [3.8, 4) is 0 Å². The zero-order valence-corrected chi connectivity index (χ0v) is 15.6. The minimum absolute atomic E-state index is 0.101. The summed E-state index contributed by atoms with van der Waals surface area (Å²) in [6.07, 6.45) is -0.168. The topological polar surface area (TPSA) is 136 Å². The molecule has 1 aliphatic rings. The predicted molar refractivity (Wildman–Crippen MR) is 102 cm³/mol. The van der Waals surface area contributed by atoms with Gasteiger partial charge in [-0.1, -0.05) is 30.3 Å². The second-order valence-corrected chi connectivity index (χ2v) is 6.55. The summed E-state index contributed by atoms with van der Waals surface area (Å²) in [7, 11) is 0. The van der Waals surface area contributed by atoms with Crippen LogP contribution in [-0.4, -0.2) is 46.7 Å². The lowest BCUT2D eigenvalue weighted by molar-refractivity contribution is -0.384. The van der Waals surface area contributed by atoms with Gasteiger partial charge in [0.25, 0.3) is 11.6 Å². The van der Waals surface area contributed by atoms with Gasteiger partial charge in [-0.05, 0) is 12.1 Å². The number of hydrogen-bond donors (Lipinski definition) is 1. The highest BCUT2D eigenvalue weighted by molar-refractivity contribution is 5.99. The van der Waals surface area contributed by atoms with Crippen molar-refractivity contribution >= 4 is 29.3 Å². The molecular formula is C20H17N3O7. The molecule has 0 radical (unpaired) electrons. The lowest BCUT2D eigenvalue weighted by Crippen LogP contribution is -2.43. The highest BCUT2D eigenvalue weighted by Gasteiger charge is 2.36. The van der Waals surface area contributed by atoms with E-state index in [0.717, 1.165) is 5.01 Å². The van der Waals surface area contributed by atoms with E-state index in [2.05, 4.69) is 5.43 Å². The molecule has 2 amide bonds. The molecule has 1 fully saturated rings. The molecule has 1 saturated heterocycles. The molecule has 2 aromatic carbocycles. The van der Waals surface area contributed by atoms with Crippen LogP contribution in [0.4, 0.5) is 5.69 Å². The van der Waals surface area contributed by atoms with Crippen molar-refractivity contribution in [2.75, 3.05) is 13.2 Å². The number of nitrogens with zero attached hydrogens (tertiary/aromatic N) is 2. The van der Waals surface area contributed by atoms with Crippen molar-refractivity contribution < 1.29 is 28.8 Å². The molecule has 3 rings (SSSR count). The summed E-state index contributed by atoms with van der Waals surface area (Å²) in [4.78, 5) is 58.6. The fourth-order valence-electron chi connectivity index (χ4n) is 2.86. The Bertz CT molecular complexity index is 989. The predicted octanol–water partition coefficient (Wildman–Crippen LogP) is 1.51. The summed E-state index contributed by atoms with van der Waals surface area (Å²) in [5.41, 5.74) is 2.73. The van der Waals surface area contributed by atoms with Gasteiger partial charge < -0.3 is 4.74 Å². The monoisotopic (exact) mass is 411 g/mol. The Balaban J connectivity index is 1.52. The number of carbonyl (C=O) groups is 4. The van der Waals surface area contributed by atoms with Crippen molar-refractivity contribution in [3.05, 3.63) is 75.8 Å². The first-order chi connectivity index (χ1) is 14.3. The van der Waals surface area contributed by atoms with Crippen molar-refractivity contribution in [3.63, 3.8) is 0 Å². The number of hydrogen-bond acceptors (Lipinski definition) is 7. The van der Waals surface area contributed by atoms with E-state index in [4.69, 9.17) is 4.74 Å². The fraction of sp³-hybridized carbons (Fsp3) is 0.200. The van der Waals surface area contributed by atoms with Crippen LogP contribution >= 0.6 is 0 Å². The summed E-state index contributed by atoms with van der Waals surface area (Å²) in [6.45, 7) is -0.543. The van der Waals surface area contributed by atoms with Gasteiger partial charge in [-0.15, -0.1) is 0 Å². The number of amides is 2. The Morgan fingerprint density at radius 2 is 1.73 bits per heavy atom. The van der Waals surface area contributed by atoms with Gasteiger partial charge >= 0.3 is 5.97 Å². The van der Waals surface area contributed by atoms with Gasteiger partial charge in [0.15, 0.2) is 12.4 Å². The molecule has 1 heterocycles. The molecular weight excluding hydrogens is 394 g/mol. The van der Waals surface area contributed by atoms with Crippen LogP contribution in [-0.2, 0) is 14.3 Å². The summed E-state index contributed by atoms with van der Waals surface area (Å²) >= 11 is 0. The molecule has 154 valence electrons. The summed E-state index contributed by atoms with van der Waals surface area (Å²) in [5.74, 6) is -3.03. The Morgan fingerprint density at radius 3 is 2.37 bits per heavy atom. The van der Waals surface area contributed by atoms with E-state index in [1.165, 1.54) is 24.3 Å². The van der Waals surface area contributed by atoms with Crippen LogP contribution in [0.2, 0.25) is 0 Å². The number of non-ortho nitro benzene ring substituents is 1. The Morgan fingerprint density at radius 1 is 1.07 bits per heavy atom. The number of carbonyl (C=O) groups excluding carboxylic acids is 4. The Hall–Kier alpha value is -4.08. The van der Waals surface area contributed by atoms with Crippen LogP contribution in [0, 0.1) is 16.0 Å². The zero-order valence-electron chi connectivity index (χ0n) is 15.6. The number of ketones is 1. The third-order valence-electron chi connectivity index (χ3n) is 4.48. The molecule has 1 atom stereocenters. The Kier molecular flexibility index (Phi) is 6.16. The van der Waals surface area contributed by atoms with Gasteiger partial charge in [0.1, 0.15) is 0 Å². The Labute approximate surface area is 170 Å². The average Bonchev–Trinajstić information content (AvgIpc) is 3.12. The first-order valence-electron chi connectivity index (χ1n) is 8.96. The van der Waals surface area contributed by atoms with E-state index >= 15 is 0 Å². The van der Waals surface area contributed by atoms with Gasteiger partial charge in [0, 0.05) is 29.7 Å². The van der Waals surface area contributed by atoms with Crippen LogP contribution in [0.15, 0.2) is 54.6 Å². The maximum absolute atomic E-state index is 12.2. The van der Waals surface area contributed by atoms with Gasteiger partial charge in [-0.3, -0.25) is 39.7 Å². The van der Waals surface area contributed by atoms with Crippen LogP contribution in [0.1, 0.15) is 27.1 Å². The minimum atomic E-state index is -0.821. The fourth-order valence-corrected chi connectivity index (χ4v) is 2.86. The zero-order chi connectivity index (χ0) is 21.7. The number of Topliss-reactive ketones (excluding diaryl/α,β-unsaturated/α-hetero) is 1. The van der Waals surface area contributed by atoms with Gasteiger partial charge in [-0.2, -0.15) is 0 Å². The number of ether oxygens (including phenoxy) is 1. The lowest BCUT2D eigenvalue weighted by atomic mass is 10.1. The van der Waals surface area contributed by atoms with Crippen LogP contribution in [0.3, 0.4) is 0 Å². The van der Waals surface area contributed by atoms with Crippen molar-refractivity contribution in [1.29, 1.82) is 0 Å². The first kappa shape index (κ1) is 20.6. The third-order valence-corrected chi connectivity index (χ3v) is 4.48. The molecule has 0 aliphatic carbocycles. The van der Waals surface area contributed by atoms with Crippen LogP contribution in [0.5, 0.6) is 0 Å². The largest absolute Gasteiger partial charge is 0.457 e. The maximum atomic E-state index is 12.2. The molecule has 30 heavy (non-hydrogen) atoms. The van der Waals surface area contributed by atoms with E-state index in [9.17, 15) is 29.3 Å². The van der Waals surface area contributed by atoms with Gasteiger partial charge in [-0.25, -0.2) is 0 Å². The molecule has 0 bridgehead atoms. The van der Waals surface area contributed by atoms with Crippen molar-refractivity contribution in [1.82, 2.24) is 10.4 Å². The summed E-state index contributed by atoms with van der Waals surface area (Å²) < 4.78 is 5.02. The van der Waals surface area contributed by atoms with E-state index in [1.54, 1.807) is 30.3 Å². The van der Waals surface area contributed by atoms with Gasteiger partial charge in [0.2, 0.25) is 5.91 Å². The molecule has 0 saturated carbocycles. The lowest BCUT2D eigenvalue weighted by Gasteiger charge is -2.17. The standard InChI is InChI=1S/C20H17N3O7/c24-17(13-4-2-1-3-5-13)12-30-20(27)15-10-18(25)22(11-15)21-19(26)14-6-8-16(9-7-14)23(28)29/h1-9,15H,10-12H2,(H,21,26)/t15-/m0/s1. The van der Waals surface area contributed by atoms with E-state index in [1.807, 2.05) is 0 Å². The average molecular weight is 411 g/mol. The number of nitro groups is 1. The second kappa shape index (κ2) is 8.95. The molecule has 0 spiro atoms.